The Bertz CT molecular complexity index is 307. The van der Waals surface area contributed by atoms with Crippen LogP contribution in [0, 0.1) is 0 Å². The second-order valence-corrected chi connectivity index (χ2v) is 3.70. The summed E-state index contributed by atoms with van der Waals surface area (Å²) in [6.07, 6.45) is 3.08. The Morgan fingerprint density at radius 1 is 1.23 bits per heavy atom. The highest BCUT2D eigenvalue weighted by molar-refractivity contribution is 6.34. The average Bonchev–Trinajstić information content (AvgIpc) is 2.04. The van der Waals surface area contributed by atoms with Gasteiger partial charge in [0.25, 0.3) is 0 Å². The smallest absolute Gasteiger partial charge is 0.0426 e. The van der Waals surface area contributed by atoms with E-state index >= 15 is 0 Å². The highest BCUT2D eigenvalue weighted by Gasteiger charge is 2.01. The first-order valence-corrected chi connectivity index (χ1v) is 5.04. The van der Waals surface area contributed by atoms with E-state index in [1.807, 2.05) is 19.1 Å². The molecule has 0 aromatic heterocycles. The van der Waals surface area contributed by atoms with Crippen molar-refractivity contribution in [1.29, 1.82) is 0 Å². The molecule has 0 aliphatic rings. The maximum absolute atomic E-state index is 5.90. The van der Waals surface area contributed by atoms with Gasteiger partial charge in [-0.1, -0.05) is 36.2 Å². The number of allylic oxidation sites excluding steroid dienone is 2. The Hall–Kier alpha value is -0.460. The molecule has 1 aromatic rings. The van der Waals surface area contributed by atoms with Crippen molar-refractivity contribution in [1.82, 2.24) is 0 Å². The molecule has 0 atom stereocenters. The Kier molecular flexibility index (Phi) is 3.83. The molecule has 70 valence electrons. The SMILES string of the molecule is CC=C(CC)c1cc(Cl)cc(Cl)c1. The summed E-state index contributed by atoms with van der Waals surface area (Å²) in [5, 5.41) is 1.38. The first-order valence-electron chi connectivity index (χ1n) is 4.29. The Morgan fingerprint density at radius 3 is 2.15 bits per heavy atom. The second kappa shape index (κ2) is 4.69. The van der Waals surface area contributed by atoms with Gasteiger partial charge in [0.05, 0.1) is 0 Å². The Labute approximate surface area is 89.2 Å². The summed E-state index contributed by atoms with van der Waals surface area (Å²) in [7, 11) is 0. The second-order valence-electron chi connectivity index (χ2n) is 2.83. The van der Waals surface area contributed by atoms with E-state index in [4.69, 9.17) is 23.2 Å². The summed E-state index contributed by atoms with van der Waals surface area (Å²) in [5.41, 5.74) is 2.38. The number of halogens is 2. The summed E-state index contributed by atoms with van der Waals surface area (Å²) in [6.45, 7) is 4.14. The van der Waals surface area contributed by atoms with Crippen molar-refractivity contribution in [3.05, 3.63) is 39.9 Å². The molecule has 0 aliphatic heterocycles. The highest BCUT2D eigenvalue weighted by atomic mass is 35.5. The summed E-state index contributed by atoms with van der Waals surface area (Å²) in [6, 6.07) is 5.62. The van der Waals surface area contributed by atoms with E-state index in [0.717, 1.165) is 12.0 Å². The lowest BCUT2D eigenvalue weighted by Gasteiger charge is -2.05. The van der Waals surface area contributed by atoms with Crippen molar-refractivity contribution in [2.24, 2.45) is 0 Å². The van der Waals surface area contributed by atoms with Crippen LogP contribution in [0.4, 0.5) is 0 Å². The number of hydrogen-bond acceptors (Lipinski definition) is 0. The molecule has 0 saturated carbocycles. The average molecular weight is 215 g/mol. The predicted molar refractivity (Wildman–Crippen MR) is 60.4 cm³/mol. The molecular formula is C11H12Cl2. The minimum absolute atomic E-state index is 0.690. The maximum atomic E-state index is 5.90. The summed E-state index contributed by atoms with van der Waals surface area (Å²) >= 11 is 11.8. The van der Waals surface area contributed by atoms with Crippen LogP contribution < -0.4 is 0 Å². The molecule has 1 rings (SSSR count). The molecule has 0 spiro atoms. The van der Waals surface area contributed by atoms with Crippen LogP contribution in [0.25, 0.3) is 5.57 Å². The topological polar surface area (TPSA) is 0 Å². The summed E-state index contributed by atoms with van der Waals surface area (Å²) in [4.78, 5) is 0. The van der Waals surface area contributed by atoms with E-state index in [2.05, 4.69) is 13.0 Å². The van der Waals surface area contributed by atoms with E-state index in [1.165, 1.54) is 5.57 Å². The molecule has 0 fully saturated rings. The number of rotatable bonds is 2. The van der Waals surface area contributed by atoms with E-state index in [9.17, 15) is 0 Å². The minimum atomic E-state index is 0.690. The fourth-order valence-electron chi connectivity index (χ4n) is 1.31. The van der Waals surface area contributed by atoms with Gasteiger partial charge in [0.15, 0.2) is 0 Å². The molecule has 0 heterocycles. The molecule has 0 aliphatic carbocycles. The third kappa shape index (κ3) is 2.75. The lowest BCUT2D eigenvalue weighted by Crippen LogP contribution is -1.82. The molecule has 0 saturated heterocycles. The van der Waals surface area contributed by atoms with E-state index in [-0.39, 0.29) is 0 Å². The van der Waals surface area contributed by atoms with Crippen LogP contribution >= 0.6 is 23.2 Å². The van der Waals surface area contributed by atoms with Gasteiger partial charge in [-0.25, -0.2) is 0 Å². The van der Waals surface area contributed by atoms with Gasteiger partial charge in [-0.3, -0.25) is 0 Å². The Morgan fingerprint density at radius 2 is 1.77 bits per heavy atom. The van der Waals surface area contributed by atoms with Gasteiger partial charge in [-0.05, 0) is 42.7 Å². The van der Waals surface area contributed by atoms with Gasteiger partial charge in [0.1, 0.15) is 0 Å². The number of hydrogen-bond donors (Lipinski definition) is 0. The monoisotopic (exact) mass is 214 g/mol. The van der Waals surface area contributed by atoms with Crippen LogP contribution in [0.5, 0.6) is 0 Å². The summed E-state index contributed by atoms with van der Waals surface area (Å²) in [5.74, 6) is 0. The van der Waals surface area contributed by atoms with Gasteiger partial charge in [-0.15, -0.1) is 0 Å². The van der Waals surface area contributed by atoms with Crippen LogP contribution in [0.3, 0.4) is 0 Å². The van der Waals surface area contributed by atoms with E-state index in [1.54, 1.807) is 6.07 Å². The van der Waals surface area contributed by atoms with E-state index < -0.39 is 0 Å². The lowest BCUT2D eigenvalue weighted by atomic mass is 10.0. The predicted octanol–water partition coefficient (Wildman–Crippen LogP) is 4.81. The van der Waals surface area contributed by atoms with Crippen molar-refractivity contribution in [3.8, 4) is 0 Å². The lowest BCUT2D eigenvalue weighted by molar-refractivity contribution is 1.23. The minimum Gasteiger partial charge on any atom is -0.0843 e. The molecule has 2 heteroatoms. The molecule has 0 nitrogen and oxygen atoms in total. The molecule has 13 heavy (non-hydrogen) atoms. The van der Waals surface area contributed by atoms with Crippen LogP contribution in [-0.2, 0) is 0 Å². The van der Waals surface area contributed by atoms with Gasteiger partial charge in [0.2, 0.25) is 0 Å². The third-order valence-electron chi connectivity index (χ3n) is 1.96. The van der Waals surface area contributed by atoms with Gasteiger partial charge < -0.3 is 0 Å². The van der Waals surface area contributed by atoms with Crippen LogP contribution in [0.2, 0.25) is 10.0 Å². The maximum Gasteiger partial charge on any atom is 0.0426 e. The third-order valence-corrected chi connectivity index (χ3v) is 2.40. The first-order chi connectivity index (χ1) is 6.17. The zero-order valence-electron chi connectivity index (χ0n) is 7.77. The quantitative estimate of drug-likeness (QED) is 0.664. The van der Waals surface area contributed by atoms with Gasteiger partial charge in [0, 0.05) is 10.0 Å². The van der Waals surface area contributed by atoms with Crippen molar-refractivity contribution in [3.63, 3.8) is 0 Å². The largest absolute Gasteiger partial charge is 0.0843 e. The van der Waals surface area contributed by atoms with Crippen molar-refractivity contribution < 1.29 is 0 Å². The van der Waals surface area contributed by atoms with Crippen molar-refractivity contribution in [2.75, 3.05) is 0 Å². The zero-order valence-corrected chi connectivity index (χ0v) is 9.28. The van der Waals surface area contributed by atoms with Crippen LogP contribution in [-0.4, -0.2) is 0 Å². The van der Waals surface area contributed by atoms with Crippen LogP contribution in [0.1, 0.15) is 25.8 Å². The number of benzene rings is 1. The Balaban J connectivity index is 3.14. The normalized spacial score (nSPS) is 11.8. The van der Waals surface area contributed by atoms with Gasteiger partial charge >= 0.3 is 0 Å². The molecule has 0 amide bonds. The van der Waals surface area contributed by atoms with Crippen molar-refractivity contribution in [2.45, 2.75) is 20.3 Å². The van der Waals surface area contributed by atoms with Crippen LogP contribution in [0.15, 0.2) is 24.3 Å². The molecule has 0 bridgehead atoms. The molecular weight excluding hydrogens is 203 g/mol. The molecule has 0 radical (unpaired) electrons. The fraction of sp³-hybridized carbons (Fsp3) is 0.273. The van der Waals surface area contributed by atoms with Crippen molar-refractivity contribution >= 4 is 28.8 Å². The fourth-order valence-corrected chi connectivity index (χ4v) is 1.84. The molecule has 1 aromatic carbocycles. The zero-order chi connectivity index (χ0) is 9.84. The van der Waals surface area contributed by atoms with Gasteiger partial charge in [-0.2, -0.15) is 0 Å². The summed E-state index contributed by atoms with van der Waals surface area (Å²) < 4.78 is 0. The standard InChI is InChI=1S/C11H12Cl2/c1-3-8(4-2)9-5-10(12)7-11(13)6-9/h3,5-7H,4H2,1-2H3. The van der Waals surface area contributed by atoms with E-state index in [0.29, 0.717) is 10.0 Å². The highest BCUT2D eigenvalue weighted by Crippen LogP contribution is 2.25. The first kappa shape index (κ1) is 10.6. The molecule has 0 unspecified atom stereocenters. The molecule has 0 N–H and O–H groups in total.